The van der Waals surface area contributed by atoms with Crippen molar-refractivity contribution in [3.8, 4) is 0 Å². The average Bonchev–Trinajstić information content (AvgIpc) is 2.91. The molecular weight excluding hydrogens is 321 g/mol. The maximum atomic E-state index is 11.6. The molecule has 22 heavy (non-hydrogen) atoms. The number of carbonyl (C=O) groups excluding carboxylic acids is 1. The van der Waals surface area contributed by atoms with Gasteiger partial charge in [-0.3, -0.25) is 9.69 Å². The highest BCUT2D eigenvalue weighted by Gasteiger charge is 2.24. The number of nitrogens with zero attached hydrogens (tertiary/aromatic N) is 1. The highest BCUT2D eigenvalue weighted by molar-refractivity contribution is 5.85. The van der Waals surface area contributed by atoms with E-state index >= 15 is 0 Å². The fourth-order valence-electron chi connectivity index (χ4n) is 2.74. The number of hydrogen-bond donors (Lipinski definition) is 2. The fraction of sp³-hybridized carbons (Fsp3) is 0.562. The summed E-state index contributed by atoms with van der Waals surface area (Å²) in [5.41, 5.74) is 6.76. The van der Waals surface area contributed by atoms with Gasteiger partial charge in [-0.1, -0.05) is 30.3 Å². The van der Waals surface area contributed by atoms with Gasteiger partial charge < -0.3 is 11.1 Å². The molecule has 1 heterocycles. The molecule has 126 valence electrons. The van der Waals surface area contributed by atoms with Crippen LogP contribution >= 0.6 is 24.8 Å². The SMILES string of the molecule is Cl.Cl.NCCCC(=O)NCC1CCCN1Cc1ccccc1. The Morgan fingerprint density at radius 1 is 1.27 bits per heavy atom. The minimum Gasteiger partial charge on any atom is -0.355 e. The van der Waals surface area contributed by atoms with Crippen molar-refractivity contribution >= 4 is 30.7 Å². The van der Waals surface area contributed by atoms with Gasteiger partial charge in [-0.25, -0.2) is 0 Å². The van der Waals surface area contributed by atoms with E-state index in [9.17, 15) is 4.79 Å². The molecule has 0 radical (unpaired) electrons. The molecule has 0 spiro atoms. The molecule has 3 N–H and O–H groups in total. The minimum absolute atomic E-state index is 0. The normalized spacial score (nSPS) is 17.4. The molecule has 0 aliphatic carbocycles. The maximum absolute atomic E-state index is 11.6. The molecule has 1 atom stereocenters. The van der Waals surface area contributed by atoms with Crippen LogP contribution < -0.4 is 11.1 Å². The molecule has 1 saturated heterocycles. The lowest BCUT2D eigenvalue weighted by Gasteiger charge is -2.24. The molecule has 6 heteroatoms. The van der Waals surface area contributed by atoms with Gasteiger partial charge in [0, 0.05) is 25.6 Å². The van der Waals surface area contributed by atoms with E-state index < -0.39 is 0 Å². The molecule has 2 rings (SSSR count). The van der Waals surface area contributed by atoms with E-state index in [1.54, 1.807) is 0 Å². The largest absolute Gasteiger partial charge is 0.355 e. The molecule has 4 nitrogen and oxygen atoms in total. The first-order valence-corrected chi connectivity index (χ1v) is 7.54. The summed E-state index contributed by atoms with van der Waals surface area (Å²) in [6, 6.07) is 11.0. The quantitative estimate of drug-likeness (QED) is 0.795. The molecule has 1 aromatic rings. The standard InChI is InChI=1S/C16H25N3O.2ClH/c17-10-4-9-16(20)18-12-15-8-5-11-19(15)13-14-6-2-1-3-7-14;;/h1-3,6-7,15H,4-5,8-13,17H2,(H,18,20);2*1H. The molecule has 1 amide bonds. The van der Waals surface area contributed by atoms with Crippen molar-refractivity contribution in [1.29, 1.82) is 0 Å². The van der Waals surface area contributed by atoms with E-state index in [-0.39, 0.29) is 30.7 Å². The number of benzene rings is 1. The zero-order valence-electron chi connectivity index (χ0n) is 12.9. The number of amides is 1. The van der Waals surface area contributed by atoms with Crippen LogP contribution in [-0.2, 0) is 11.3 Å². The Morgan fingerprint density at radius 2 is 2.00 bits per heavy atom. The number of nitrogens with one attached hydrogen (secondary N) is 1. The number of hydrogen-bond acceptors (Lipinski definition) is 3. The lowest BCUT2D eigenvalue weighted by atomic mass is 10.1. The van der Waals surface area contributed by atoms with Gasteiger partial charge in [0.25, 0.3) is 0 Å². The van der Waals surface area contributed by atoms with E-state index in [2.05, 4.69) is 34.5 Å². The molecular formula is C16H27Cl2N3O. The van der Waals surface area contributed by atoms with Crippen molar-refractivity contribution in [2.75, 3.05) is 19.6 Å². The smallest absolute Gasteiger partial charge is 0.220 e. The van der Waals surface area contributed by atoms with Gasteiger partial charge >= 0.3 is 0 Å². The number of rotatable bonds is 7. The zero-order valence-corrected chi connectivity index (χ0v) is 14.5. The second-order valence-corrected chi connectivity index (χ2v) is 5.45. The predicted octanol–water partition coefficient (Wildman–Crippen LogP) is 2.35. The van der Waals surface area contributed by atoms with E-state index in [4.69, 9.17) is 5.73 Å². The number of likely N-dealkylation sites (tertiary alicyclic amines) is 1. The van der Waals surface area contributed by atoms with Crippen molar-refractivity contribution in [3.63, 3.8) is 0 Å². The minimum atomic E-state index is 0. The summed E-state index contributed by atoms with van der Waals surface area (Å²) in [5, 5.41) is 3.04. The van der Waals surface area contributed by atoms with Crippen LogP contribution in [0.3, 0.4) is 0 Å². The van der Waals surface area contributed by atoms with Gasteiger partial charge in [-0.05, 0) is 37.9 Å². The van der Waals surface area contributed by atoms with Gasteiger partial charge in [0.05, 0.1) is 0 Å². The molecule has 1 fully saturated rings. The molecule has 0 bridgehead atoms. The van der Waals surface area contributed by atoms with Crippen LogP contribution in [-0.4, -0.2) is 36.5 Å². The van der Waals surface area contributed by atoms with E-state index in [0.717, 1.165) is 26.1 Å². The first kappa shape index (κ1) is 21.2. The fourth-order valence-corrected chi connectivity index (χ4v) is 2.74. The highest BCUT2D eigenvalue weighted by Crippen LogP contribution is 2.19. The maximum Gasteiger partial charge on any atom is 0.220 e. The van der Waals surface area contributed by atoms with Crippen molar-refractivity contribution < 1.29 is 4.79 Å². The van der Waals surface area contributed by atoms with E-state index in [1.165, 1.54) is 18.4 Å². The van der Waals surface area contributed by atoms with Crippen molar-refractivity contribution in [2.45, 2.75) is 38.3 Å². The third-order valence-corrected chi connectivity index (χ3v) is 3.87. The first-order valence-electron chi connectivity index (χ1n) is 7.54. The summed E-state index contributed by atoms with van der Waals surface area (Å²) >= 11 is 0. The van der Waals surface area contributed by atoms with Crippen molar-refractivity contribution in [1.82, 2.24) is 10.2 Å². The van der Waals surface area contributed by atoms with Crippen LogP contribution in [0.1, 0.15) is 31.2 Å². The molecule has 1 aliphatic rings. The number of halogens is 2. The lowest BCUT2D eigenvalue weighted by Crippen LogP contribution is -2.39. The van der Waals surface area contributed by atoms with Crippen molar-refractivity contribution in [3.05, 3.63) is 35.9 Å². The predicted molar refractivity (Wildman–Crippen MR) is 95.7 cm³/mol. The summed E-state index contributed by atoms with van der Waals surface area (Å²) in [6.45, 7) is 3.44. The molecule has 1 unspecified atom stereocenters. The Kier molecular flexibility index (Phi) is 11.3. The van der Waals surface area contributed by atoms with Crippen LogP contribution in [0.15, 0.2) is 30.3 Å². The third kappa shape index (κ3) is 6.97. The Hall–Kier alpha value is -0.810. The zero-order chi connectivity index (χ0) is 14.2. The Bertz CT molecular complexity index is 417. The average molecular weight is 348 g/mol. The number of carbonyl (C=O) groups is 1. The second kappa shape index (κ2) is 11.7. The summed E-state index contributed by atoms with van der Waals surface area (Å²) in [6.07, 6.45) is 3.70. The number of nitrogens with two attached hydrogens (primary N) is 1. The molecule has 1 aromatic carbocycles. The Labute approximate surface area is 145 Å². The second-order valence-electron chi connectivity index (χ2n) is 5.45. The molecule has 0 aromatic heterocycles. The monoisotopic (exact) mass is 347 g/mol. The van der Waals surface area contributed by atoms with Gasteiger partial charge in [0.15, 0.2) is 0 Å². The van der Waals surface area contributed by atoms with Crippen LogP contribution in [0, 0.1) is 0 Å². The van der Waals surface area contributed by atoms with Gasteiger partial charge in [0.2, 0.25) is 5.91 Å². The van der Waals surface area contributed by atoms with Crippen LogP contribution in [0.25, 0.3) is 0 Å². The Morgan fingerprint density at radius 3 is 2.68 bits per heavy atom. The summed E-state index contributed by atoms with van der Waals surface area (Å²) in [7, 11) is 0. The van der Waals surface area contributed by atoms with E-state index in [1.807, 2.05) is 6.07 Å². The summed E-state index contributed by atoms with van der Waals surface area (Å²) in [5.74, 6) is 0.127. The first-order chi connectivity index (χ1) is 9.79. The highest BCUT2D eigenvalue weighted by atomic mass is 35.5. The summed E-state index contributed by atoms with van der Waals surface area (Å²) < 4.78 is 0. The molecule has 1 aliphatic heterocycles. The Balaban J connectivity index is 0.00000220. The van der Waals surface area contributed by atoms with Gasteiger partial charge in [-0.2, -0.15) is 0 Å². The summed E-state index contributed by atoms with van der Waals surface area (Å²) in [4.78, 5) is 14.1. The van der Waals surface area contributed by atoms with Crippen molar-refractivity contribution in [2.24, 2.45) is 5.73 Å². The topological polar surface area (TPSA) is 58.4 Å². The van der Waals surface area contributed by atoms with Crippen LogP contribution in [0.5, 0.6) is 0 Å². The third-order valence-electron chi connectivity index (χ3n) is 3.87. The van der Waals surface area contributed by atoms with Crippen LogP contribution in [0.2, 0.25) is 0 Å². The van der Waals surface area contributed by atoms with Crippen LogP contribution in [0.4, 0.5) is 0 Å². The van der Waals surface area contributed by atoms with Gasteiger partial charge in [-0.15, -0.1) is 24.8 Å². The lowest BCUT2D eigenvalue weighted by molar-refractivity contribution is -0.121. The van der Waals surface area contributed by atoms with E-state index in [0.29, 0.717) is 19.0 Å². The van der Waals surface area contributed by atoms with Gasteiger partial charge in [0.1, 0.15) is 0 Å². The molecule has 0 saturated carbocycles.